The molecular formula is C15H19N5OS. The maximum absolute atomic E-state index is 12.5. The van der Waals surface area contributed by atoms with Crippen LogP contribution in [0.1, 0.15) is 23.4 Å². The Labute approximate surface area is 133 Å². The molecule has 1 fully saturated rings. The summed E-state index contributed by atoms with van der Waals surface area (Å²) in [4.78, 5) is 28.5. The van der Waals surface area contributed by atoms with E-state index in [1.165, 1.54) is 11.3 Å². The van der Waals surface area contributed by atoms with Gasteiger partial charge in [0, 0.05) is 30.4 Å². The van der Waals surface area contributed by atoms with E-state index in [4.69, 9.17) is 0 Å². The largest absolute Gasteiger partial charge is 0.355 e. The van der Waals surface area contributed by atoms with Crippen molar-refractivity contribution in [1.82, 2.24) is 15.0 Å². The highest BCUT2D eigenvalue weighted by Gasteiger charge is 2.27. The Hall–Kier alpha value is -2.02. The number of hydrogen-bond acceptors (Lipinski definition) is 6. The molecule has 0 aromatic carbocycles. The Morgan fingerprint density at radius 2 is 2.27 bits per heavy atom. The van der Waals surface area contributed by atoms with Crippen LogP contribution < -0.4 is 10.2 Å². The summed E-state index contributed by atoms with van der Waals surface area (Å²) in [5.41, 5.74) is 0.977. The lowest BCUT2D eigenvalue weighted by Crippen LogP contribution is -2.41. The van der Waals surface area contributed by atoms with Gasteiger partial charge in [0.1, 0.15) is 5.82 Å². The van der Waals surface area contributed by atoms with Gasteiger partial charge in [0.25, 0.3) is 0 Å². The summed E-state index contributed by atoms with van der Waals surface area (Å²) in [6, 6.07) is 0. The van der Waals surface area contributed by atoms with Crippen LogP contribution in [-0.4, -0.2) is 33.9 Å². The molecule has 1 atom stereocenters. The van der Waals surface area contributed by atoms with Crippen molar-refractivity contribution in [3.8, 4) is 0 Å². The number of aryl methyl sites for hydroxylation is 2. The van der Waals surface area contributed by atoms with Crippen LogP contribution >= 0.6 is 11.3 Å². The van der Waals surface area contributed by atoms with Crippen molar-refractivity contribution in [2.45, 2.75) is 26.7 Å². The fourth-order valence-electron chi connectivity index (χ4n) is 2.59. The zero-order valence-corrected chi connectivity index (χ0v) is 13.6. The van der Waals surface area contributed by atoms with Crippen molar-refractivity contribution >= 4 is 28.2 Å². The molecule has 0 saturated carbocycles. The minimum Gasteiger partial charge on any atom is -0.355 e. The first-order chi connectivity index (χ1) is 10.6. The van der Waals surface area contributed by atoms with Crippen molar-refractivity contribution < 1.29 is 4.79 Å². The molecule has 0 bridgehead atoms. The number of nitrogens with one attached hydrogen (secondary N) is 1. The van der Waals surface area contributed by atoms with Gasteiger partial charge in [0.05, 0.1) is 17.8 Å². The van der Waals surface area contributed by atoms with E-state index < -0.39 is 0 Å². The molecule has 7 heteroatoms. The average Bonchev–Trinajstić information content (AvgIpc) is 2.86. The van der Waals surface area contributed by atoms with Gasteiger partial charge in [-0.15, -0.1) is 11.3 Å². The van der Waals surface area contributed by atoms with Gasteiger partial charge in [-0.05, 0) is 26.7 Å². The number of nitrogens with zero attached hydrogens (tertiary/aromatic N) is 4. The van der Waals surface area contributed by atoms with Gasteiger partial charge in [-0.1, -0.05) is 0 Å². The molecule has 0 spiro atoms. The van der Waals surface area contributed by atoms with Crippen LogP contribution in [0.4, 0.5) is 10.9 Å². The molecule has 1 unspecified atom stereocenters. The number of aromatic nitrogens is 3. The second-order valence-electron chi connectivity index (χ2n) is 5.50. The lowest BCUT2D eigenvalue weighted by atomic mass is 9.97. The number of thiazole rings is 1. The molecule has 1 saturated heterocycles. The van der Waals surface area contributed by atoms with Crippen molar-refractivity contribution in [2.75, 3.05) is 23.3 Å². The number of anilines is 2. The van der Waals surface area contributed by atoms with E-state index >= 15 is 0 Å². The minimum absolute atomic E-state index is 0.0414. The number of carbonyl (C=O) groups is 1. The molecule has 0 aliphatic carbocycles. The van der Waals surface area contributed by atoms with Crippen molar-refractivity contribution in [1.29, 1.82) is 0 Å². The minimum atomic E-state index is -0.0414. The number of amides is 1. The first-order valence-electron chi connectivity index (χ1n) is 7.39. The Morgan fingerprint density at radius 3 is 2.95 bits per heavy atom. The fourth-order valence-corrected chi connectivity index (χ4v) is 3.40. The molecule has 1 aliphatic heterocycles. The monoisotopic (exact) mass is 317 g/mol. The molecule has 22 heavy (non-hydrogen) atoms. The van der Waals surface area contributed by atoms with Crippen LogP contribution in [0.15, 0.2) is 18.6 Å². The first-order valence-corrected chi connectivity index (χ1v) is 8.21. The molecule has 1 aliphatic rings. The van der Waals surface area contributed by atoms with Gasteiger partial charge in [-0.2, -0.15) is 0 Å². The highest BCUT2D eigenvalue weighted by atomic mass is 32.1. The molecule has 1 N–H and O–H groups in total. The normalized spacial score (nSPS) is 18.3. The van der Waals surface area contributed by atoms with Crippen LogP contribution in [0, 0.1) is 19.8 Å². The smallest absolute Gasteiger partial charge is 0.231 e. The molecule has 3 rings (SSSR count). The number of rotatable bonds is 3. The average molecular weight is 317 g/mol. The van der Waals surface area contributed by atoms with Crippen molar-refractivity contribution in [3.05, 3.63) is 29.2 Å². The van der Waals surface area contributed by atoms with E-state index in [0.717, 1.165) is 35.8 Å². The van der Waals surface area contributed by atoms with Crippen LogP contribution in [0.3, 0.4) is 0 Å². The summed E-state index contributed by atoms with van der Waals surface area (Å²) in [5.74, 6) is 0.837. The summed E-state index contributed by atoms with van der Waals surface area (Å²) < 4.78 is 0. The SMILES string of the molecule is Cc1nc(NC(=O)C2CCCN(c3cnccn3)C2)sc1C. The number of piperidine rings is 1. The molecular weight excluding hydrogens is 298 g/mol. The van der Waals surface area contributed by atoms with Crippen LogP contribution in [-0.2, 0) is 4.79 Å². The lowest BCUT2D eigenvalue weighted by Gasteiger charge is -2.32. The highest BCUT2D eigenvalue weighted by molar-refractivity contribution is 7.15. The van der Waals surface area contributed by atoms with Crippen molar-refractivity contribution in [2.24, 2.45) is 5.92 Å². The lowest BCUT2D eigenvalue weighted by molar-refractivity contribution is -0.120. The standard InChI is InChI=1S/C15H19N5OS/c1-10-11(2)22-15(18-10)19-14(21)12-4-3-7-20(9-12)13-8-16-5-6-17-13/h5-6,8,12H,3-4,7,9H2,1-2H3,(H,18,19,21). The maximum atomic E-state index is 12.5. The first kappa shape index (κ1) is 14.9. The third kappa shape index (κ3) is 3.24. The summed E-state index contributed by atoms with van der Waals surface area (Å²) >= 11 is 1.52. The van der Waals surface area contributed by atoms with Crippen LogP contribution in [0.5, 0.6) is 0 Å². The Bertz CT molecular complexity index is 638. The van der Waals surface area contributed by atoms with Gasteiger partial charge in [0.2, 0.25) is 5.91 Å². The van der Waals surface area contributed by atoms with E-state index in [0.29, 0.717) is 11.7 Å². The predicted molar refractivity (Wildman–Crippen MR) is 87.2 cm³/mol. The molecule has 2 aromatic heterocycles. The topological polar surface area (TPSA) is 71.0 Å². The van der Waals surface area contributed by atoms with E-state index in [-0.39, 0.29) is 11.8 Å². The summed E-state index contributed by atoms with van der Waals surface area (Å²) in [7, 11) is 0. The van der Waals surface area contributed by atoms with Gasteiger partial charge in [0.15, 0.2) is 5.13 Å². The Morgan fingerprint density at radius 1 is 1.41 bits per heavy atom. The Balaban J connectivity index is 1.65. The molecule has 2 aromatic rings. The van der Waals surface area contributed by atoms with Crippen LogP contribution in [0.2, 0.25) is 0 Å². The number of carbonyl (C=O) groups excluding carboxylic acids is 1. The molecule has 0 radical (unpaired) electrons. The zero-order valence-electron chi connectivity index (χ0n) is 12.7. The Kier molecular flexibility index (Phi) is 4.33. The molecule has 6 nitrogen and oxygen atoms in total. The maximum Gasteiger partial charge on any atom is 0.231 e. The van der Waals surface area contributed by atoms with Crippen molar-refractivity contribution in [3.63, 3.8) is 0 Å². The second kappa shape index (κ2) is 6.39. The van der Waals surface area contributed by atoms with Gasteiger partial charge < -0.3 is 10.2 Å². The highest BCUT2D eigenvalue weighted by Crippen LogP contribution is 2.25. The molecule has 1 amide bonds. The zero-order chi connectivity index (χ0) is 15.5. The summed E-state index contributed by atoms with van der Waals surface area (Å²) in [6.45, 7) is 5.56. The van der Waals surface area contributed by atoms with Crippen LogP contribution in [0.25, 0.3) is 0 Å². The van der Waals surface area contributed by atoms with E-state index in [9.17, 15) is 4.79 Å². The number of hydrogen-bond donors (Lipinski definition) is 1. The molecule has 3 heterocycles. The van der Waals surface area contributed by atoms with E-state index in [1.807, 2.05) is 13.8 Å². The quantitative estimate of drug-likeness (QED) is 0.941. The summed E-state index contributed by atoms with van der Waals surface area (Å²) in [6.07, 6.45) is 6.95. The van der Waals surface area contributed by atoms with Gasteiger partial charge >= 0.3 is 0 Å². The fraction of sp³-hybridized carbons (Fsp3) is 0.467. The molecule has 116 valence electrons. The van der Waals surface area contributed by atoms with Gasteiger partial charge in [-0.3, -0.25) is 9.78 Å². The second-order valence-corrected chi connectivity index (χ2v) is 6.70. The third-order valence-corrected chi connectivity index (χ3v) is 4.91. The van der Waals surface area contributed by atoms with E-state index in [2.05, 4.69) is 25.2 Å². The van der Waals surface area contributed by atoms with Gasteiger partial charge in [-0.25, -0.2) is 9.97 Å². The predicted octanol–water partition coefficient (Wildman–Crippen LogP) is 2.41. The van der Waals surface area contributed by atoms with E-state index in [1.54, 1.807) is 18.6 Å². The summed E-state index contributed by atoms with van der Waals surface area (Å²) in [5, 5.41) is 3.64. The third-order valence-electron chi connectivity index (χ3n) is 3.92.